The molecule has 1 aliphatic rings. The zero-order valence-electron chi connectivity index (χ0n) is 20.4. The number of alkyl halides is 4. The van der Waals surface area contributed by atoms with Gasteiger partial charge in [0, 0.05) is 20.6 Å². The number of hydrogen-bond acceptors (Lipinski definition) is 7. The molecule has 2 amide bonds. The monoisotopic (exact) mass is 675 g/mol. The van der Waals surface area contributed by atoms with E-state index >= 15 is 0 Å². The number of anilines is 1. The van der Waals surface area contributed by atoms with Gasteiger partial charge in [0.05, 0.1) is 42.4 Å². The van der Waals surface area contributed by atoms with Crippen molar-refractivity contribution in [3.05, 3.63) is 56.8 Å². The highest BCUT2D eigenvalue weighted by atomic mass is 127. The van der Waals surface area contributed by atoms with Crippen LogP contribution in [0, 0.1) is 3.57 Å². The molecule has 0 radical (unpaired) electrons. The largest absolute Gasteiger partial charge is 0.481 e. The fourth-order valence-electron chi connectivity index (χ4n) is 4.46. The van der Waals surface area contributed by atoms with Crippen LogP contribution in [0.5, 0.6) is 0 Å². The molecule has 40 heavy (non-hydrogen) atoms. The number of carbonyl (C=O) groups excluding carboxylic acids is 2. The number of halogens is 5. The number of benzene rings is 2. The summed E-state index contributed by atoms with van der Waals surface area (Å²) in [6, 6.07) is 4.23. The molecular formula is C24H22F4IN7O4. The van der Waals surface area contributed by atoms with E-state index in [1.165, 1.54) is 24.4 Å². The smallest absolute Gasteiger partial charge is 0.416 e. The summed E-state index contributed by atoms with van der Waals surface area (Å²) < 4.78 is 55.4. The Kier molecular flexibility index (Phi) is 8.18. The van der Waals surface area contributed by atoms with Gasteiger partial charge in [0.2, 0.25) is 11.8 Å². The highest BCUT2D eigenvalue weighted by Gasteiger charge is 2.37. The van der Waals surface area contributed by atoms with Crippen LogP contribution < -0.4 is 22.1 Å². The molecule has 0 saturated carbocycles. The Bertz CT molecular complexity index is 1520. The maximum atomic E-state index is 13.6. The zero-order chi connectivity index (χ0) is 29.4. The fourth-order valence-corrected chi connectivity index (χ4v) is 5.16. The first-order valence-electron chi connectivity index (χ1n) is 11.6. The van der Waals surface area contributed by atoms with Crippen molar-refractivity contribution in [2.75, 3.05) is 18.4 Å². The number of aliphatic imine (C=N–C) groups is 1. The molecule has 16 heteroatoms. The summed E-state index contributed by atoms with van der Waals surface area (Å²) in [5.41, 5.74) is 10.5. The lowest BCUT2D eigenvalue weighted by Crippen LogP contribution is -2.41. The number of aromatic nitrogens is 2. The number of carboxylic acid groups (broad SMARTS) is 1. The van der Waals surface area contributed by atoms with Crippen molar-refractivity contribution in [2.45, 2.75) is 30.7 Å². The molecular weight excluding hydrogens is 653 g/mol. The first-order chi connectivity index (χ1) is 18.7. The topological polar surface area (TPSA) is 178 Å². The van der Waals surface area contributed by atoms with Crippen LogP contribution in [-0.2, 0) is 15.8 Å². The summed E-state index contributed by atoms with van der Waals surface area (Å²) in [6.07, 6.45) is -5.47. The van der Waals surface area contributed by atoms with Crippen LogP contribution in [0.2, 0.25) is 0 Å². The molecule has 2 unspecified atom stereocenters. The van der Waals surface area contributed by atoms with Gasteiger partial charge in [0.15, 0.2) is 5.96 Å². The molecule has 4 rings (SSSR count). The van der Waals surface area contributed by atoms with Crippen molar-refractivity contribution in [1.29, 1.82) is 0 Å². The SMILES string of the molecule is NC(=O)c1cc(NC2=NCC(F)CN2)cc2c1cnn2C(C(N)=O)[C@@H](CC(=O)O)c1cc(I)cc(C(F)(F)F)c1. The summed E-state index contributed by atoms with van der Waals surface area (Å²) >= 11 is 1.66. The minimum Gasteiger partial charge on any atom is -0.481 e. The van der Waals surface area contributed by atoms with Crippen molar-refractivity contribution in [2.24, 2.45) is 16.5 Å². The van der Waals surface area contributed by atoms with Crippen molar-refractivity contribution in [1.82, 2.24) is 15.1 Å². The first kappa shape index (κ1) is 29.0. The van der Waals surface area contributed by atoms with Gasteiger partial charge in [-0.15, -0.1) is 0 Å². The number of aliphatic carboxylic acids is 1. The summed E-state index contributed by atoms with van der Waals surface area (Å²) in [6.45, 7) is -0.111. The Balaban J connectivity index is 1.89. The number of rotatable bonds is 8. The Morgan fingerprint density at radius 3 is 2.50 bits per heavy atom. The van der Waals surface area contributed by atoms with Gasteiger partial charge in [-0.2, -0.15) is 18.3 Å². The number of amides is 2. The third kappa shape index (κ3) is 6.26. The van der Waals surface area contributed by atoms with Crippen molar-refractivity contribution in [3.8, 4) is 0 Å². The molecule has 11 nitrogen and oxygen atoms in total. The van der Waals surface area contributed by atoms with E-state index in [0.717, 1.165) is 16.8 Å². The molecule has 2 aromatic carbocycles. The molecule has 3 atom stereocenters. The number of carboxylic acids is 1. The van der Waals surface area contributed by atoms with Gasteiger partial charge in [-0.3, -0.25) is 19.1 Å². The van der Waals surface area contributed by atoms with Gasteiger partial charge in [0.1, 0.15) is 12.2 Å². The lowest BCUT2D eigenvalue weighted by molar-refractivity contribution is -0.138. The summed E-state index contributed by atoms with van der Waals surface area (Å²) in [7, 11) is 0. The van der Waals surface area contributed by atoms with Gasteiger partial charge < -0.3 is 27.2 Å². The quantitative estimate of drug-likeness (QED) is 0.180. The summed E-state index contributed by atoms with van der Waals surface area (Å²) in [4.78, 5) is 40.9. The number of primary amides is 2. The van der Waals surface area contributed by atoms with Gasteiger partial charge in [-0.05, 0) is 58.5 Å². The highest BCUT2D eigenvalue weighted by Crippen LogP contribution is 2.39. The van der Waals surface area contributed by atoms with E-state index in [1.54, 1.807) is 22.6 Å². The first-order valence-corrected chi connectivity index (χ1v) is 12.7. The lowest BCUT2D eigenvalue weighted by Gasteiger charge is -2.26. The Morgan fingerprint density at radius 1 is 1.20 bits per heavy atom. The number of fused-ring (bicyclic) bond motifs is 1. The predicted molar refractivity (Wildman–Crippen MR) is 144 cm³/mol. The van der Waals surface area contributed by atoms with Crippen LogP contribution in [0.15, 0.2) is 41.5 Å². The van der Waals surface area contributed by atoms with E-state index in [2.05, 4.69) is 20.7 Å². The molecule has 0 spiro atoms. The third-order valence-electron chi connectivity index (χ3n) is 6.19. The van der Waals surface area contributed by atoms with E-state index in [0.29, 0.717) is 0 Å². The molecule has 3 aromatic rings. The molecule has 0 aliphatic carbocycles. The van der Waals surface area contributed by atoms with Crippen LogP contribution >= 0.6 is 22.6 Å². The highest BCUT2D eigenvalue weighted by molar-refractivity contribution is 14.1. The molecule has 212 valence electrons. The molecule has 1 aromatic heterocycles. The second-order valence-electron chi connectivity index (χ2n) is 9.03. The molecule has 0 saturated heterocycles. The number of nitrogens with one attached hydrogen (secondary N) is 2. The number of nitrogens with two attached hydrogens (primary N) is 2. The molecule has 7 N–H and O–H groups in total. The normalized spacial score (nSPS) is 17.0. The van der Waals surface area contributed by atoms with E-state index in [-0.39, 0.29) is 50.3 Å². The molecule has 0 bridgehead atoms. The van der Waals surface area contributed by atoms with Crippen LogP contribution in [0.1, 0.15) is 39.9 Å². The average molecular weight is 675 g/mol. The second kappa shape index (κ2) is 11.3. The third-order valence-corrected chi connectivity index (χ3v) is 6.81. The Morgan fingerprint density at radius 2 is 1.93 bits per heavy atom. The van der Waals surface area contributed by atoms with Crippen LogP contribution in [0.4, 0.5) is 23.2 Å². The average Bonchev–Trinajstić information content (AvgIpc) is 3.26. The van der Waals surface area contributed by atoms with Gasteiger partial charge in [-0.25, -0.2) is 9.38 Å². The fraction of sp³-hybridized carbons (Fsp3) is 0.292. The number of guanidine groups is 1. The second-order valence-corrected chi connectivity index (χ2v) is 10.3. The van der Waals surface area contributed by atoms with E-state index < -0.39 is 54.1 Å². The van der Waals surface area contributed by atoms with Crippen molar-refractivity contribution in [3.63, 3.8) is 0 Å². The zero-order valence-corrected chi connectivity index (χ0v) is 22.5. The summed E-state index contributed by atoms with van der Waals surface area (Å²) in [5.74, 6) is -4.51. The van der Waals surface area contributed by atoms with Crippen LogP contribution in [0.3, 0.4) is 0 Å². The van der Waals surface area contributed by atoms with Crippen LogP contribution in [-0.4, -0.2) is 57.9 Å². The van der Waals surface area contributed by atoms with Gasteiger partial charge in [0.25, 0.3) is 0 Å². The Labute approximate surface area is 237 Å². The lowest BCUT2D eigenvalue weighted by atomic mass is 9.87. The predicted octanol–water partition coefficient (Wildman–Crippen LogP) is 2.75. The molecule has 0 fully saturated rings. The Hall–Kier alpha value is -3.96. The minimum absolute atomic E-state index is 0.00884. The van der Waals surface area contributed by atoms with Crippen molar-refractivity contribution >= 4 is 62.9 Å². The maximum Gasteiger partial charge on any atom is 0.416 e. The maximum absolute atomic E-state index is 13.6. The number of carbonyl (C=O) groups is 3. The summed E-state index contributed by atoms with van der Waals surface area (Å²) in [5, 5.41) is 19.6. The van der Waals surface area contributed by atoms with E-state index in [9.17, 15) is 37.1 Å². The molecule has 1 aliphatic heterocycles. The standard InChI is InChI=1S/C24H22F4IN7O4/c25-12-7-32-23(33-8-12)35-14-4-16(21(30)39)17-9-34-36(18(17)5-14)20(22(31)40)15(6-19(37)38)10-1-11(24(26,27)28)3-13(29)2-10/h1-5,9,12,15,20H,6-8H2,(H2,30,39)(H2,31,40)(H,37,38)(H2,32,33,35)/t15-,20?/m0/s1. The molecule has 2 heterocycles. The van der Waals surface area contributed by atoms with E-state index in [4.69, 9.17) is 11.5 Å². The van der Waals surface area contributed by atoms with Crippen LogP contribution in [0.25, 0.3) is 10.9 Å². The number of nitrogens with zero attached hydrogens (tertiary/aromatic N) is 3. The van der Waals surface area contributed by atoms with E-state index in [1.807, 2.05) is 0 Å². The minimum atomic E-state index is -4.74. The van der Waals surface area contributed by atoms with Gasteiger partial charge in [-0.1, -0.05) is 0 Å². The van der Waals surface area contributed by atoms with Crippen molar-refractivity contribution < 1.29 is 37.1 Å². The van der Waals surface area contributed by atoms with Gasteiger partial charge >= 0.3 is 12.1 Å². The number of hydrogen-bond donors (Lipinski definition) is 5.